The van der Waals surface area contributed by atoms with E-state index in [1.807, 2.05) is 53.8 Å². The lowest BCUT2D eigenvalue weighted by Gasteiger charge is -2.14. The summed E-state index contributed by atoms with van der Waals surface area (Å²) in [6.45, 7) is 0.778. The highest BCUT2D eigenvalue weighted by Crippen LogP contribution is 2.08. The Morgan fingerprint density at radius 1 is 1.00 bits per heavy atom. The minimum atomic E-state index is -0.825. The number of nitrogens with two attached hydrogens (primary N) is 2. The molecule has 2 rings (SSSR count). The van der Waals surface area contributed by atoms with Crippen molar-refractivity contribution in [1.82, 2.24) is 5.32 Å². The number of rotatable bonds is 7. The number of amides is 3. The summed E-state index contributed by atoms with van der Waals surface area (Å²) in [4.78, 5) is 23.1. The fourth-order valence-corrected chi connectivity index (χ4v) is 2.49. The van der Waals surface area contributed by atoms with E-state index in [9.17, 15) is 9.59 Å². The molecular weight excluding hydrogens is 290 g/mol. The van der Waals surface area contributed by atoms with Gasteiger partial charge < -0.3 is 11.1 Å². The summed E-state index contributed by atoms with van der Waals surface area (Å²) >= 11 is 0. The molecule has 5 nitrogen and oxygen atoms in total. The summed E-state index contributed by atoms with van der Waals surface area (Å²) in [5.74, 6) is -0.386. The molecular formula is C18H22N3O2+. The second-order valence-electron chi connectivity index (χ2n) is 5.36. The van der Waals surface area contributed by atoms with E-state index < -0.39 is 12.1 Å². The van der Waals surface area contributed by atoms with E-state index in [1.54, 1.807) is 0 Å². The predicted octanol–water partition coefficient (Wildman–Crippen LogP) is 1.12. The Bertz CT molecular complexity index is 629. The van der Waals surface area contributed by atoms with Gasteiger partial charge in [-0.05, 0) is 12.0 Å². The molecule has 23 heavy (non-hydrogen) atoms. The van der Waals surface area contributed by atoms with Crippen LogP contribution in [0.1, 0.15) is 23.6 Å². The first kappa shape index (κ1) is 16.7. The molecule has 0 saturated carbocycles. The molecule has 0 radical (unpaired) electrons. The van der Waals surface area contributed by atoms with Gasteiger partial charge in [0.2, 0.25) is 0 Å². The molecule has 0 unspecified atom stereocenters. The van der Waals surface area contributed by atoms with E-state index in [1.165, 1.54) is 5.56 Å². The average Bonchev–Trinajstić information content (AvgIpc) is 2.56. The fourth-order valence-electron chi connectivity index (χ4n) is 2.49. The Labute approximate surface area is 135 Å². The van der Waals surface area contributed by atoms with Crippen molar-refractivity contribution in [2.24, 2.45) is 5.73 Å². The van der Waals surface area contributed by atoms with Crippen LogP contribution in [-0.4, -0.2) is 18.5 Å². The molecule has 3 amide bonds. The van der Waals surface area contributed by atoms with Crippen molar-refractivity contribution in [2.45, 2.75) is 18.9 Å². The highest BCUT2D eigenvalue weighted by atomic mass is 16.2. The van der Waals surface area contributed by atoms with Crippen LogP contribution in [0.25, 0.3) is 0 Å². The SMILES string of the molecule is NC(=O)NC(=O)[C@@H]([NH2+]CCCc1ccccc1)c1ccccc1. The molecule has 0 bridgehead atoms. The monoisotopic (exact) mass is 312 g/mol. The van der Waals surface area contributed by atoms with Gasteiger partial charge in [-0.2, -0.15) is 0 Å². The number of hydrogen-bond acceptors (Lipinski definition) is 2. The summed E-state index contributed by atoms with van der Waals surface area (Å²) in [5, 5.41) is 4.11. The van der Waals surface area contributed by atoms with Gasteiger partial charge in [0.1, 0.15) is 0 Å². The first-order valence-electron chi connectivity index (χ1n) is 7.69. The molecule has 0 saturated heterocycles. The minimum absolute atomic E-state index is 0.386. The molecule has 0 aliphatic carbocycles. The lowest BCUT2D eigenvalue weighted by molar-refractivity contribution is -0.683. The number of imide groups is 1. The van der Waals surface area contributed by atoms with E-state index >= 15 is 0 Å². The summed E-state index contributed by atoms with van der Waals surface area (Å²) in [6, 6.07) is 18.3. The smallest absolute Gasteiger partial charge is 0.319 e. The van der Waals surface area contributed by atoms with Crippen molar-refractivity contribution in [2.75, 3.05) is 6.54 Å². The highest BCUT2D eigenvalue weighted by Gasteiger charge is 2.24. The molecule has 0 spiro atoms. The number of carbonyl (C=O) groups excluding carboxylic acids is 2. The number of benzene rings is 2. The van der Waals surface area contributed by atoms with Gasteiger partial charge in [0.25, 0.3) is 5.91 Å². The third-order valence-electron chi connectivity index (χ3n) is 3.60. The molecule has 0 heterocycles. The van der Waals surface area contributed by atoms with E-state index in [2.05, 4.69) is 17.4 Å². The quantitative estimate of drug-likeness (QED) is 0.669. The molecule has 2 aromatic carbocycles. The Kier molecular flexibility index (Phi) is 6.32. The Balaban J connectivity index is 1.92. The Morgan fingerprint density at radius 2 is 1.61 bits per heavy atom. The van der Waals surface area contributed by atoms with E-state index in [0.29, 0.717) is 0 Å². The third-order valence-corrected chi connectivity index (χ3v) is 3.60. The van der Waals surface area contributed by atoms with Crippen molar-refractivity contribution in [3.63, 3.8) is 0 Å². The van der Waals surface area contributed by atoms with Crippen LogP contribution >= 0.6 is 0 Å². The highest BCUT2D eigenvalue weighted by molar-refractivity contribution is 5.96. The minimum Gasteiger partial charge on any atom is -0.351 e. The Hall–Kier alpha value is -2.66. The lowest BCUT2D eigenvalue weighted by Crippen LogP contribution is -2.87. The maximum atomic E-state index is 12.2. The number of urea groups is 1. The molecule has 0 fully saturated rings. The van der Waals surface area contributed by atoms with Gasteiger partial charge in [0.15, 0.2) is 6.04 Å². The molecule has 5 heteroatoms. The molecule has 1 atom stereocenters. The van der Waals surface area contributed by atoms with E-state index in [0.717, 1.165) is 24.9 Å². The zero-order valence-corrected chi connectivity index (χ0v) is 12.9. The van der Waals surface area contributed by atoms with Crippen LogP contribution in [0.2, 0.25) is 0 Å². The number of primary amides is 1. The van der Waals surface area contributed by atoms with Gasteiger partial charge in [0, 0.05) is 12.0 Å². The van der Waals surface area contributed by atoms with Crippen LogP contribution in [-0.2, 0) is 11.2 Å². The van der Waals surface area contributed by atoms with Crippen molar-refractivity contribution in [3.8, 4) is 0 Å². The van der Waals surface area contributed by atoms with Crippen LogP contribution in [0, 0.1) is 0 Å². The average molecular weight is 312 g/mol. The van der Waals surface area contributed by atoms with Gasteiger partial charge in [-0.25, -0.2) is 4.79 Å². The summed E-state index contributed by atoms with van der Waals surface area (Å²) < 4.78 is 0. The zero-order valence-electron chi connectivity index (χ0n) is 12.9. The fraction of sp³-hybridized carbons (Fsp3) is 0.222. The van der Waals surface area contributed by atoms with Crippen molar-refractivity contribution >= 4 is 11.9 Å². The van der Waals surface area contributed by atoms with Gasteiger partial charge in [-0.3, -0.25) is 10.1 Å². The van der Waals surface area contributed by atoms with E-state index in [4.69, 9.17) is 5.73 Å². The van der Waals surface area contributed by atoms with Crippen LogP contribution in [0.5, 0.6) is 0 Å². The first-order chi connectivity index (χ1) is 11.2. The van der Waals surface area contributed by atoms with Crippen LogP contribution in [0.4, 0.5) is 4.79 Å². The molecule has 2 aromatic rings. The maximum absolute atomic E-state index is 12.2. The number of quaternary nitrogens is 1. The third kappa shape index (κ3) is 5.56. The second kappa shape index (κ2) is 8.70. The molecule has 0 aromatic heterocycles. The molecule has 5 N–H and O–H groups in total. The molecule has 0 aliphatic heterocycles. The van der Waals surface area contributed by atoms with E-state index in [-0.39, 0.29) is 5.91 Å². The number of carbonyl (C=O) groups is 2. The normalized spacial score (nSPS) is 11.7. The van der Waals surface area contributed by atoms with Crippen LogP contribution in [0.15, 0.2) is 60.7 Å². The van der Waals surface area contributed by atoms with Gasteiger partial charge in [-0.15, -0.1) is 0 Å². The standard InChI is InChI=1S/C18H21N3O2/c19-18(23)21-17(22)16(15-11-5-2-6-12-15)20-13-7-10-14-8-3-1-4-9-14/h1-6,8-9,11-12,16,20H,7,10,13H2,(H3,19,21,22,23)/p+1/t16-/m0/s1. The zero-order chi connectivity index (χ0) is 16.5. The Morgan fingerprint density at radius 3 is 2.22 bits per heavy atom. The predicted molar refractivity (Wildman–Crippen MR) is 88.5 cm³/mol. The molecule has 120 valence electrons. The lowest BCUT2D eigenvalue weighted by atomic mass is 10.1. The van der Waals surface area contributed by atoms with Gasteiger partial charge >= 0.3 is 6.03 Å². The van der Waals surface area contributed by atoms with Crippen molar-refractivity contribution < 1.29 is 14.9 Å². The maximum Gasteiger partial charge on any atom is 0.319 e. The number of nitrogens with one attached hydrogen (secondary N) is 1. The van der Waals surface area contributed by atoms with Crippen LogP contribution < -0.4 is 16.4 Å². The summed E-state index contributed by atoms with van der Waals surface area (Å²) in [6.07, 6.45) is 1.90. The number of hydrogen-bond donors (Lipinski definition) is 3. The summed E-state index contributed by atoms with van der Waals surface area (Å²) in [5.41, 5.74) is 7.18. The van der Waals surface area contributed by atoms with Crippen molar-refractivity contribution in [3.05, 3.63) is 71.8 Å². The molecule has 0 aliphatic rings. The second-order valence-corrected chi connectivity index (χ2v) is 5.36. The van der Waals surface area contributed by atoms with Crippen molar-refractivity contribution in [1.29, 1.82) is 0 Å². The number of aryl methyl sites for hydroxylation is 1. The van der Waals surface area contributed by atoms with Gasteiger partial charge in [0.05, 0.1) is 6.54 Å². The largest absolute Gasteiger partial charge is 0.351 e. The topological polar surface area (TPSA) is 88.8 Å². The first-order valence-corrected chi connectivity index (χ1v) is 7.69. The summed E-state index contributed by atoms with van der Waals surface area (Å²) in [7, 11) is 0. The van der Waals surface area contributed by atoms with Crippen LogP contribution in [0.3, 0.4) is 0 Å². The van der Waals surface area contributed by atoms with Gasteiger partial charge in [-0.1, -0.05) is 60.7 Å².